The Labute approximate surface area is 220 Å². The third kappa shape index (κ3) is 7.04. The lowest BCUT2D eigenvalue weighted by Gasteiger charge is -2.21. The number of hydrogen-bond acceptors (Lipinski definition) is 3. The molecule has 0 bridgehead atoms. The van der Waals surface area contributed by atoms with E-state index in [1.54, 1.807) is 48.5 Å². The maximum absolute atomic E-state index is 12.9. The van der Waals surface area contributed by atoms with Crippen molar-refractivity contribution in [1.29, 1.82) is 0 Å². The Morgan fingerprint density at radius 2 is 1.14 bits per heavy atom. The number of benzene rings is 4. The van der Waals surface area contributed by atoms with Crippen LogP contribution in [0.15, 0.2) is 112 Å². The molecule has 0 atom stereocenters. The Morgan fingerprint density at radius 1 is 0.657 bits per heavy atom. The average Bonchev–Trinajstić information content (AvgIpc) is 2.88. The number of rotatable bonds is 8. The summed E-state index contributed by atoms with van der Waals surface area (Å²) < 4.78 is 7.62. The third-order valence-corrected chi connectivity index (χ3v) is 6.28. The minimum Gasteiger partial charge on any atom is -0.489 e. The van der Waals surface area contributed by atoms with Crippen LogP contribution < -0.4 is 15.4 Å². The van der Waals surface area contributed by atoms with Gasteiger partial charge in [0.2, 0.25) is 0 Å². The molecule has 4 aromatic carbocycles. The van der Waals surface area contributed by atoms with Gasteiger partial charge in [0.05, 0.1) is 0 Å². The van der Waals surface area contributed by atoms with E-state index in [9.17, 15) is 9.59 Å². The minimum absolute atomic E-state index is 0.303. The van der Waals surface area contributed by atoms with Crippen molar-refractivity contribution in [3.8, 4) is 5.75 Å². The van der Waals surface area contributed by atoms with E-state index in [0.717, 1.165) is 14.5 Å². The summed E-state index contributed by atoms with van der Waals surface area (Å²) in [5.74, 6) is 0.0841. The summed E-state index contributed by atoms with van der Waals surface area (Å²) in [6, 6.07) is 31.2. The Hall–Kier alpha value is -3.42. The van der Waals surface area contributed by atoms with Crippen LogP contribution in [0.2, 0.25) is 0 Å². The molecule has 0 aliphatic heterocycles. The molecule has 5 nitrogen and oxygen atoms in total. The van der Waals surface area contributed by atoms with Gasteiger partial charge >= 0.3 is 0 Å². The first-order valence-corrected chi connectivity index (χ1v) is 12.5. The Morgan fingerprint density at radius 3 is 1.63 bits per heavy atom. The summed E-state index contributed by atoms with van der Waals surface area (Å²) in [5, 5.41) is 5.84. The van der Waals surface area contributed by atoms with E-state index in [-0.39, 0.29) is 11.8 Å². The smallest absolute Gasteiger partial charge is 0.253 e. The van der Waals surface area contributed by atoms with Gasteiger partial charge in [0.1, 0.15) is 18.5 Å². The van der Waals surface area contributed by atoms with E-state index >= 15 is 0 Å². The second-order valence-corrected chi connectivity index (χ2v) is 9.57. The zero-order valence-electron chi connectivity index (χ0n) is 18.6. The fourth-order valence-corrected chi connectivity index (χ4v) is 3.86. The molecule has 7 heteroatoms. The average molecular weight is 594 g/mol. The number of carbonyl (C=O) groups excluding carboxylic acids is 2. The van der Waals surface area contributed by atoms with Gasteiger partial charge in [-0.05, 0) is 71.8 Å². The predicted molar refractivity (Wildman–Crippen MR) is 143 cm³/mol. The highest BCUT2D eigenvalue weighted by Crippen LogP contribution is 2.20. The summed E-state index contributed by atoms with van der Waals surface area (Å²) in [4.78, 5) is 25.8. The Kier molecular flexibility index (Phi) is 8.34. The van der Waals surface area contributed by atoms with Crippen LogP contribution in [0, 0.1) is 0 Å². The van der Waals surface area contributed by atoms with Crippen LogP contribution in [0.25, 0.3) is 0 Å². The fourth-order valence-electron chi connectivity index (χ4n) is 3.33. The quantitative estimate of drug-likeness (QED) is 0.225. The molecular weight excluding hydrogens is 572 g/mol. The van der Waals surface area contributed by atoms with Crippen molar-refractivity contribution in [2.24, 2.45) is 0 Å². The van der Waals surface area contributed by atoms with Crippen molar-refractivity contribution in [2.75, 3.05) is 0 Å². The van der Waals surface area contributed by atoms with E-state index in [1.165, 1.54) is 0 Å². The second kappa shape index (κ2) is 11.8. The third-order valence-electron chi connectivity index (χ3n) is 5.23. The highest BCUT2D eigenvalue weighted by atomic mass is 79.9. The van der Waals surface area contributed by atoms with Crippen molar-refractivity contribution < 1.29 is 14.3 Å². The molecule has 2 N–H and O–H groups in total. The van der Waals surface area contributed by atoms with E-state index in [4.69, 9.17) is 4.74 Å². The van der Waals surface area contributed by atoms with Crippen LogP contribution in [0.1, 0.15) is 38.0 Å². The maximum Gasteiger partial charge on any atom is 0.253 e. The van der Waals surface area contributed by atoms with Gasteiger partial charge in [0.15, 0.2) is 0 Å². The molecule has 0 heterocycles. The first-order chi connectivity index (χ1) is 17.0. The molecule has 0 radical (unpaired) electrons. The lowest BCUT2D eigenvalue weighted by molar-refractivity contribution is 0.0883. The van der Waals surface area contributed by atoms with Gasteiger partial charge in [-0.25, -0.2) is 0 Å². The zero-order chi connectivity index (χ0) is 24.6. The molecule has 0 aliphatic rings. The van der Waals surface area contributed by atoms with Crippen LogP contribution in [-0.2, 0) is 6.61 Å². The normalized spacial score (nSPS) is 10.6. The zero-order valence-corrected chi connectivity index (χ0v) is 21.8. The number of halogens is 2. The molecular formula is C28H22Br2N2O3. The van der Waals surface area contributed by atoms with Gasteiger partial charge < -0.3 is 15.4 Å². The molecule has 0 aromatic heterocycles. The summed E-state index contributed by atoms with van der Waals surface area (Å²) in [7, 11) is 0. The SMILES string of the molecule is O=C(NC(NC(=O)c1ccc(Br)cc1)c1ccc(OCc2ccccc2)cc1)c1ccc(Br)cc1. The van der Waals surface area contributed by atoms with Crippen molar-refractivity contribution in [3.63, 3.8) is 0 Å². The van der Waals surface area contributed by atoms with E-state index in [1.807, 2.05) is 54.6 Å². The lowest BCUT2D eigenvalue weighted by atomic mass is 10.1. The van der Waals surface area contributed by atoms with E-state index < -0.39 is 6.17 Å². The van der Waals surface area contributed by atoms with Crippen LogP contribution in [0.5, 0.6) is 5.75 Å². The summed E-state index contributed by atoms with van der Waals surface area (Å²) >= 11 is 6.75. The molecule has 2 amide bonds. The molecule has 0 saturated heterocycles. The highest BCUT2D eigenvalue weighted by molar-refractivity contribution is 9.10. The minimum atomic E-state index is -0.745. The van der Waals surface area contributed by atoms with Gasteiger partial charge in [-0.1, -0.05) is 74.3 Å². The molecule has 176 valence electrons. The Bertz CT molecular complexity index is 1220. The number of amides is 2. The fraction of sp³-hybridized carbons (Fsp3) is 0.0714. The molecule has 4 rings (SSSR count). The van der Waals surface area contributed by atoms with Crippen LogP contribution >= 0.6 is 31.9 Å². The number of hydrogen-bond donors (Lipinski definition) is 2. The molecule has 0 spiro atoms. The van der Waals surface area contributed by atoms with Crippen LogP contribution in [0.3, 0.4) is 0 Å². The monoisotopic (exact) mass is 592 g/mol. The van der Waals surface area contributed by atoms with Crippen molar-refractivity contribution in [3.05, 3.63) is 134 Å². The standard InChI is InChI=1S/C28H22Br2N2O3/c29-23-12-6-21(7-13-23)27(33)31-26(32-28(34)22-8-14-24(30)15-9-22)20-10-16-25(17-11-20)35-18-19-4-2-1-3-5-19/h1-17,26H,18H2,(H,31,33)(H,32,34). The van der Waals surface area contributed by atoms with Crippen molar-refractivity contribution in [2.45, 2.75) is 12.8 Å². The summed E-state index contributed by atoms with van der Waals surface area (Å²) in [6.07, 6.45) is -0.745. The molecule has 4 aromatic rings. The number of ether oxygens (including phenoxy) is 1. The van der Waals surface area contributed by atoms with Gasteiger partial charge in [0, 0.05) is 20.1 Å². The van der Waals surface area contributed by atoms with Crippen molar-refractivity contribution >= 4 is 43.7 Å². The molecule has 0 fully saturated rings. The lowest BCUT2D eigenvalue weighted by Crippen LogP contribution is -2.41. The van der Waals surface area contributed by atoms with Gasteiger partial charge in [0.25, 0.3) is 11.8 Å². The van der Waals surface area contributed by atoms with Crippen LogP contribution in [0.4, 0.5) is 0 Å². The molecule has 0 saturated carbocycles. The van der Waals surface area contributed by atoms with Gasteiger partial charge in [-0.2, -0.15) is 0 Å². The van der Waals surface area contributed by atoms with Gasteiger partial charge in [-0.15, -0.1) is 0 Å². The second-order valence-electron chi connectivity index (χ2n) is 7.74. The Balaban J connectivity index is 1.51. The predicted octanol–water partition coefficient (Wildman–Crippen LogP) is 6.65. The van der Waals surface area contributed by atoms with Gasteiger partial charge in [-0.3, -0.25) is 9.59 Å². The molecule has 0 unspecified atom stereocenters. The first-order valence-electron chi connectivity index (χ1n) is 10.9. The molecule has 35 heavy (non-hydrogen) atoms. The maximum atomic E-state index is 12.9. The number of carbonyl (C=O) groups is 2. The number of nitrogens with one attached hydrogen (secondary N) is 2. The summed E-state index contributed by atoms with van der Waals surface area (Å²) in [6.45, 7) is 0.449. The first kappa shape index (κ1) is 24.7. The summed E-state index contributed by atoms with van der Waals surface area (Å²) in [5.41, 5.74) is 2.75. The van der Waals surface area contributed by atoms with Crippen LogP contribution in [-0.4, -0.2) is 11.8 Å². The highest BCUT2D eigenvalue weighted by Gasteiger charge is 2.19. The largest absolute Gasteiger partial charge is 0.489 e. The van der Waals surface area contributed by atoms with E-state index in [0.29, 0.717) is 29.0 Å². The van der Waals surface area contributed by atoms with E-state index in [2.05, 4.69) is 42.5 Å². The topological polar surface area (TPSA) is 67.4 Å². The van der Waals surface area contributed by atoms with Crippen molar-refractivity contribution in [1.82, 2.24) is 10.6 Å². The molecule has 0 aliphatic carbocycles.